The fraction of sp³-hybridized carbons (Fsp3) is 0.0769. The lowest BCUT2D eigenvalue weighted by atomic mass is 9.95. The molecule has 0 fully saturated rings. The summed E-state index contributed by atoms with van der Waals surface area (Å²) >= 11 is 0. The van der Waals surface area contributed by atoms with E-state index in [4.69, 9.17) is 5.26 Å². The summed E-state index contributed by atoms with van der Waals surface area (Å²) in [5.74, 6) is -4.04. The monoisotopic (exact) mass is 259 g/mol. The topological polar surface area (TPSA) is 66.6 Å². The van der Waals surface area contributed by atoms with E-state index in [9.17, 15) is 13.6 Å². The second kappa shape index (κ2) is 5.31. The molecule has 1 aromatic heterocycles. The average Bonchev–Trinajstić information content (AvgIpc) is 2.42. The fourth-order valence-electron chi connectivity index (χ4n) is 1.56. The van der Waals surface area contributed by atoms with Gasteiger partial charge in [-0.1, -0.05) is 6.07 Å². The quantitative estimate of drug-likeness (QED) is 0.793. The Bertz CT molecular complexity index is 653. The summed E-state index contributed by atoms with van der Waals surface area (Å²) in [4.78, 5) is 19.4. The van der Waals surface area contributed by atoms with E-state index in [2.05, 4.69) is 9.97 Å². The molecule has 1 aromatic carbocycles. The molecule has 94 valence electrons. The molecule has 0 spiro atoms. The van der Waals surface area contributed by atoms with Gasteiger partial charge in [-0.3, -0.25) is 4.79 Å². The van der Waals surface area contributed by atoms with Crippen molar-refractivity contribution >= 4 is 5.78 Å². The molecule has 0 aliphatic carbocycles. The van der Waals surface area contributed by atoms with Crippen molar-refractivity contribution in [1.29, 1.82) is 5.26 Å². The zero-order chi connectivity index (χ0) is 13.8. The minimum Gasteiger partial charge on any atom is -0.289 e. The molecule has 4 nitrogen and oxygen atoms in total. The van der Waals surface area contributed by atoms with Gasteiger partial charge in [0, 0.05) is 24.0 Å². The third-order valence-corrected chi connectivity index (χ3v) is 2.45. The van der Waals surface area contributed by atoms with Gasteiger partial charge in [-0.25, -0.2) is 18.7 Å². The lowest BCUT2D eigenvalue weighted by molar-refractivity contribution is 0.0967. The number of carbonyl (C=O) groups excluding carboxylic acids is 1. The predicted octanol–water partition coefficient (Wildman–Crippen LogP) is 2.24. The van der Waals surface area contributed by atoms with E-state index in [0.717, 1.165) is 12.1 Å². The van der Waals surface area contributed by atoms with E-state index in [-0.39, 0.29) is 11.4 Å². The van der Waals surface area contributed by atoms with Crippen LogP contribution in [0.2, 0.25) is 0 Å². The third-order valence-electron chi connectivity index (χ3n) is 2.45. The standard InChI is InChI=1S/C13H7F2N3O/c14-8-2-3-9(11(15)6-8)10(7-16)12(19)13-17-4-1-5-18-13/h1-6,10H. The number of benzene rings is 1. The van der Waals surface area contributed by atoms with Gasteiger partial charge in [-0.2, -0.15) is 5.26 Å². The summed E-state index contributed by atoms with van der Waals surface area (Å²) in [6, 6.07) is 5.88. The molecule has 0 aliphatic rings. The van der Waals surface area contributed by atoms with E-state index >= 15 is 0 Å². The molecule has 0 saturated carbocycles. The number of hydrogen-bond acceptors (Lipinski definition) is 4. The Morgan fingerprint density at radius 2 is 1.95 bits per heavy atom. The first kappa shape index (κ1) is 12.8. The zero-order valence-corrected chi connectivity index (χ0v) is 9.55. The van der Waals surface area contributed by atoms with Crippen LogP contribution in [0.4, 0.5) is 8.78 Å². The van der Waals surface area contributed by atoms with Gasteiger partial charge in [0.2, 0.25) is 5.78 Å². The first-order valence-electron chi connectivity index (χ1n) is 5.29. The van der Waals surface area contributed by atoms with E-state index in [0.29, 0.717) is 6.07 Å². The molecule has 1 atom stereocenters. The molecule has 2 rings (SSSR count). The molecule has 19 heavy (non-hydrogen) atoms. The van der Waals surface area contributed by atoms with Crippen LogP contribution < -0.4 is 0 Å². The number of halogens is 2. The van der Waals surface area contributed by atoms with E-state index in [1.54, 1.807) is 6.07 Å². The number of hydrogen-bond donors (Lipinski definition) is 0. The number of aromatic nitrogens is 2. The van der Waals surface area contributed by atoms with Crippen LogP contribution in [-0.4, -0.2) is 15.8 Å². The van der Waals surface area contributed by atoms with Crippen LogP contribution in [0.5, 0.6) is 0 Å². The molecule has 0 radical (unpaired) electrons. The maximum atomic E-state index is 13.6. The van der Waals surface area contributed by atoms with Crippen LogP contribution >= 0.6 is 0 Å². The van der Waals surface area contributed by atoms with Gasteiger partial charge < -0.3 is 0 Å². The molecule has 6 heteroatoms. The Morgan fingerprint density at radius 1 is 1.26 bits per heavy atom. The average molecular weight is 259 g/mol. The molecule has 0 aliphatic heterocycles. The van der Waals surface area contributed by atoms with E-state index in [1.165, 1.54) is 18.5 Å². The van der Waals surface area contributed by atoms with Crippen LogP contribution in [-0.2, 0) is 0 Å². The second-order valence-electron chi connectivity index (χ2n) is 3.66. The number of rotatable bonds is 3. The minimum atomic E-state index is -1.40. The largest absolute Gasteiger partial charge is 0.289 e. The van der Waals surface area contributed by atoms with Gasteiger partial charge in [-0.15, -0.1) is 0 Å². The number of ketones is 1. The van der Waals surface area contributed by atoms with Crippen molar-refractivity contribution in [2.24, 2.45) is 0 Å². The number of nitriles is 1. The smallest absolute Gasteiger partial charge is 0.221 e. The number of nitrogens with zero attached hydrogens (tertiary/aromatic N) is 3. The van der Waals surface area contributed by atoms with Crippen LogP contribution in [0.15, 0.2) is 36.7 Å². The molecular weight excluding hydrogens is 252 g/mol. The lowest BCUT2D eigenvalue weighted by Crippen LogP contribution is -2.15. The summed E-state index contributed by atoms with van der Waals surface area (Å²) in [6.07, 6.45) is 2.69. The minimum absolute atomic E-state index is 0.183. The highest BCUT2D eigenvalue weighted by Gasteiger charge is 2.26. The molecule has 1 heterocycles. The van der Waals surface area contributed by atoms with E-state index in [1.807, 2.05) is 0 Å². The summed E-state index contributed by atoms with van der Waals surface area (Å²) in [6.45, 7) is 0. The zero-order valence-electron chi connectivity index (χ0n) is 9.55. The van der Waals surface area contributed by atoms with Crippen LogP contribution in [0.1, 0.15) is 22.1 Å². The Kier molecular flexibility index (Phi) is 3.57. The summed E-state index contributed by atoms with van der Waals surface area (Å²) in [5, 5.41) is 9.02. The summed E-state index contributed by atoms with van der Waals surface area (Å²) in [5.41, 5.74) is -0.193. The Balaban J connectivity index is 2.41. The number of Topliss-reactive ketones (excluding diaryl/α,β-unsaturated/α-hetero) is 1. The third kappa shape index (κ3) is 2.60. The van der Waals surface area contributed by atoms with Gasteiger partial charge in [0.1, 0.15) is 17.6 Å². The Morgan fingerprint density at radius 3 is 2.53 bits per heavy atom. The maximum absolute atomic E-state index is 13.6. The molecule has 0 amide bonds. The van der Waals surface area contributed by atoms with Crippen LogP contribution in [0.3, 0.4) is 0 Å². The first-order chi connectivity index (χ1) is 9.13. The summed E-state index contributed by atoms with van der Waals surface area (Å²) in [7, 11) is 0. The van der Waals surface area contributed by atoms with Gasteiger partial charge in [0.25, 0.3) is 0 Å². The van der Waals surface area contributed by atoms with Gasteiger partial charge in [0.15, 0.2) is 5.82 Å². The fourth-order valence-corrected chi connectivity index (χ4v) is 1.56. The predicted molar refractivity (Wildman–Crippen MR) is 61.1 cm³/mol. The molecule has 0 bridgehead atoms. The van der Waals surface area contributed by atoms with Gasteiger partial charge in [-0.05, 0) is 12.1 Å². The van der Waals surface area contributed by atoms with Crippen molar-refractivity contribution in [2.75, 3.05) is 0 Å². The summed E-state index contributed by atoms with van der Waals surface area (Å²) < 4.78 is 26.4. The first-order valence-corrected chi connectivity index (χ1v) is 5.29. The Hall–Kier alpha value is -2.68. The van der Waals surface area contributed by atoms with Gasteiger partial charge in [0.05, 0.1) is 6.07 Å². The lowest BCUT2D eigenvalue weighted by Gasteiger charge is -2.08. The maximum Gasteiger partial charge on any atom is 0.221 e. The second-order valence-corrected chi connectivity index (χ2v) is 3.66. The highest BCUT2D eigenvalue weighted by molar-refractivity contribution is 5.99. The van der Waals surface area contributed by atoms with Gasteiger partial charge >= 0.3 is 0 Å². The van der Waals surface area contributed by atoms with Crippen LogP contribution in [0, 0.1) is 23.0 Å². The molecule has 1 unspecified atom stereocenters. The van der Waals surface area contributed by atoms with Crippen molar-refractivity contribution < 1.29 is 13.6 Å². The molecular formula is C13H7F2N3O. The van der Waals surface area contributed by atoms with Crippen LogP contribution in [0.25, 0.3) is 0 Å². The van der Waals surface area contributed by atoms with Crippen molar-refractivity contribution in [3.8, 4) is 6.07 Å². The number of carbonyl (C=O) groups is 1. The molecule has 0 N–H and O–H groups in total. The van der Waals surface area contributed by atoms with Crippen molar-refractivity contribution in [2.45, 2.75) is 5.92 Å². The van der Waals surface area contributed by atoms with Crippen molar-refractivity contribution in [3.63, 3.8) is 0 Å². The van der Waals surface area contributed by atoms with E-state index < -0.39 is 23.3 Å². The SMILES string of the molecule is N#CC(C(=O)c1ncccn1)c1ccc(F)cc1F. The molecule has 2 aromatic rings. The molecule has 0 saturated heterocycles. The Labute approximate surface area is 107 Å². The van der Waals surface area contributed by atoms with Crippen molar-refractivity contribution in [1.82, 2.24) is 9.97 Å². The highest BCUT2D eigenvalue weighted by atomic mass is 19.1. The normalized spacial score (nSPS) is 11.6. The van der Waals surface area contributed by atoms with Crippen molar-refractivity contribution in [3.05, 3.63) is 59.7 Å². The highest BCUT2D eigenvalue weighted by Crippen LogP contribution is 2.22.